The van der Waals surface area contributed by atoms with Crippen LogP contribution in [0.15, 0.2) is 78.9 Å². The fourth-order valence-electron chi connectivity index (χ4n) is 3.75. The molecule has 2 amide bonds. The molecule has 0 aromatic heterocycles. The SMILES string of the molecule is Cc1ccccc1CNC(=O)c1ccc([C@@H]2SCC(=O)N2CCc2ccccc2)cc1. The van der Waals surface area contributed by atoms with Gasteiger partial charge >= 0.3 is 0 Å². The fraction of sp³-hybridized carbons (Fsp3) is 0.231. The predicted octanol–water partition coefficient (Wildman–Crippen LogP) is 4.74. The second kappa shape index (κ2) is 9.84. The zero-order chi connectivity index (χ0) is 21.6. The molecule has 0 radical (unpaired) electrons. The van der Waals surface area contributed by atoms with E-state index in [1.807, 2.05) is 78.6 Å². The van der Waals surface area contributed by atoms with Gasteiger partial charge in [0, 0.05) is 18.7 Å². The number of nitrogens with zero attached hydrogens (tertiary/aromatic N) is 1. The van der Waals surface area contributed by atoms with Crippen molar-refractivity contribution in [1.82, 2.24) is 10.2 Å². The van der Waals surface area contributed by atoms with E-state index >= 15 is 0 Å². The molecule has 1 saturated heterocycles. The summed E-state index contributed by atoms with van der Waals surface area (Å²) in [6, 6.07) is 25.9. The number of aryl methyl sites for hydroxylation is 1. The highest BCUT2D eigenvalue weighted by molar-refractivity contribution is 8.00. The average molecular weight is 431 g/mol. The summed E-state index contributed by atoms with van der Waals surface area (Å²) < 4.78 is 0. The van der Waals surface area contributed by atoms with Crippen molar-refractivity contribution in [1.29, 1.82) is 0 Å². The lowest BCUT2D eigenvalue weighted by Gasteiger charge is -2.24. The Labute approximate surface area is 187 Å². The van der Waals surface area contributed by atoms with Gasteiger partial charge in [-0.1, -0.05) is 66.7 Å². The van der Waals surface area contributed by atoms with E-state index in [0.29, 0.717) is 24.4 Å². The number of carbonyl (C=O) groups is 2. The van der Waals surface area contributed by atoms with E-state index in [2.05, 4.69) is 17.4 Å². The van der Waals surface area contributed by atoms with Gasteiger partial charge in [0.05, 0.1) is 5.75 Å². The van der Waals surface area contributed by atoms with Gasteiger partial charge in [0.15, 0.2) is 0 Å². The lowest BCUT2D eigenvalue weighted by molar-refractivity contribution is -0.128. The van der Waals surface area contributed by atoms with Gasteiger partial charge in [-0.05, 0) is 47.7 Å². The second-order valence-corrected chi connectivity index (χ2v) is 8.79. The summed E-state index contributed by atoms with van der Waals surface area (Å²) in [5.41, 5.74) is 5.19. The number of nitrogens with one attached hydrogen (secondary N) is 1. The van der Waals surface area contributed by atoms with E-state index in [4.69, 9.17) is 0 Å². The zero-order valence-corrected chi connectivity index (χ0v) is 18.4. The van der Waals surface area contributed by atoms with E-state index < -0.39 is 0 Å². The largest absolute Gasteiger partial charge is 0.348 e. The molecule has 3 aromatic rings. The van der Waals surface area contributed by atoms with Crippen LogP contribution < -0.4 is 5.32 Å². The van der Waals surface area contributed by atoms with Gasteiger partial charge in [-0.2, -0.15) is 0 Å². The lowest BCUT2D eigenvalue weighted by Crippen LogP contribution is -2.30. The molecular formula is C26H26N2O2S. The molecule has 0 spiro atoms. The molecule has 4 nitrogen and oxygen atoms in total. The topological polar surface area (TPSA) is 49.4 Å². The number of amides is 2. The first kappa shape index (κ1) is 21.2. The third kappa shape index (κ3) is 5.17. The summed E-state index contributed by atoms with van der Waals surface area (Å²) in [7, 11) is 0. The summed E-state index contributed by atoms with van der Waals surface area (Å²) in [6.45, 7) is 3.24. The van der Waals surface area contributed by atoms with Crippen LogP contribution in [0.1, 0.15) is 38.0 Å². The minimum absolute atomic E-state index is 0.000270. The van der Waals surface area contributed by atoms with Crippen molar-refractivity contribution in [3.63, 3.8) is 0 Å². The monoisotopic (exact) mass is 430 g/mol. The average Bonchev–Trinajstić information content (AvgIpc) is 3.18. The maximum Gasteiger partial charge on any atom is 0.251 e. The van der Waals surface area contributed by atoms with Crippen LogP contribution in [0, 0.1) is 6.92 Å². The normalized spacial score (nSPS) is 15.8. The molecule has 3 aromatic carbocycles. The summed E-state index contributed by atoms with van der Waals surface area (Å²) in [4.78, 5) is 26.9. The molecule has 0 bridgehead atoms. The molecule has 0 unspecified atom stereocenters. The van der Waals surface area contributed by atoms with Crippen LogP contribution in [0.5, 0.6) is 0 Å². The quantitative estimate of drug-likeness (QED) is 0.589. The Morgan fingerprint density at radius 1 is 1.00 bits per heavy atom. The molecule has 158 valence electrons. The van der Waals surface area contributed by atoms with Crippen LogP contribution in [0.3, 0.4) is 0 Å². The smallest absolute Gasteiger partial charge is 0.251 e. The molecule has 1 N–H and O–H groups in total. The number of hydrogen-bond acceptors (Lipinski definition) is 3. The number of hydrogen-bond donors (Lipinski definition) is 1. The van der Waals surface area contributed by atoms with Crippen molar-refractivity contribution in [3.05, 3.63) is 107 Å². The molecule has 0 aliphatic carbocycles. The Balaban J connectivity index is 1.38. The van der Waals surface area contributed by atoms with Crippen molar-refractivity contribution >= 4 is 23.6 Å². The van der Waals surface area contributed by atoms with E-state index in [1.165, 1.54) is 5.56 Å². The van der Waals surface area contributed by atoms with Gasteiger partial charge in [0.1, 0.15) is 5.37 Å². The van der Waals surface area contributed by atoms with Gasteiger partial charge in [-0.3, -0.25) is 9.59 Å². The van der Waals surface area contributed by atoms with Gasteiger partial charge in [0.25, 0.3) is 5.91 Å². The van der Waals surface area contributed by atoms with Crippen molar-refractivity contribution < 1.29 is 9.59 Å². The van der Waals surface area contributed by atoms with E-state index in [0.717, 1.165) is 23.1 Å². The third-order valence-electron chi connectivity index (χ3n) is 5.61. The first-order chi connectivity index (χ1) is 15.1. The molecule has 0 saturated carbocycles. The molecule has 1 aliphatic rings. The Kier molecular flexibility index (Phi) is 6.73. The Hall–Kier alpha value is -3.05. The molecule has 1 heterocycles. The maximum atomic E-state index is 12.6. The van der Waals surface area contributed by atoms with Crippen LogP contribution >= 0.6 is 11.8 Å². The zero-order valence-electron chi connectivity index (χ0n) is 17.6. The lowest BCUT2D eigenvalue weighted by atomic mass is 10.1. The molecular weight excluding hydrogens is 404 g/mol. The van der Waals surface area contributed by atoms with Crippen molar-refractivity contribution in [2.75, 3.05) is 12.3 Å². The number of benzene rings is 3. The molecule has 1 fully saturated rings. The summed E-state index contributed by atoms with van der Waals surface area (Å²) in [5.74, 6) is 0.579. The van der Waals surface area contributed by atoms with Gasteiger partial charge in [0.2, 0.25) is 5.91 Å². The molecule has 31 heavy (non-hydrogen) atoms. The first-order valence-electron chi connectivity index (χ1n) is 10.5. The molecule has 5 heteroatoms. The predicted molar refractivity (Wildman–Crippen MR) is 126 cm³/mol. The Morgan fingerprint density at radius 3 is 2.45 bits per heavy atom. The highest BCUT2D eigenvalue weighted by Crippen LogP contribution is 2.38. The van der Waals surface area contributed by atoms with Gasteiger partial charge < -0.3 is 10.2 Å². The van der Waals surface area contributed by atoms with E-state index in [-0.39, 0.29) is 17.2 Å². The van der Waals surface area contributed by atoms with E-state index in [9.17, 15) is 9.59 Å². The number of thioether (sulfide) groups is 1. The van der Waals surface area contributed by atoms with E-state index in [1.54, 1.807) is 11.8 Å². The molecule has 1 aliphatic heterocycles. The van der Waals surface area contributed by atoms with Crippen LogP contribution in [0.4, 0.5) is 0 Å². The minimum Gasteiger partial charge on any atom is -0.348 e. The highest BCUT2D eigenvalue weighted by Gasteiger charge is 2.32. The number of carbonyl (C=O) groups excluding carboxylic acids is 2. The Morgan fingerprint density at radius 2 is 1.71 bits per heavy atom. The third-order valence-corrected chi connectivity index (χ3v) is 6.87. The summed E-state index contributed by atoms with van der Waals surface area (Å²) in [5, 5.41) is 2.99. The standard InChI is InChI=1S/C26H26N2O2S/c1-19-7-5-6-10-23(19)17-27-25(30)21-11-13-22(14-12-21)26-28(24(29)18-31-26)16-15-20-8-3-2-4-9-20/h2-14,26H,15-18H2,1H3,(H,27,30)/t26-/m0/s1. The number of rotatable bonds is 7. The summed E-state index contributed by atoms with van der Waals surface area (Å²) >= 11 is 1.65. The highest BCUT2D eigenvalue weighted by atomic mass is 32.2. The van der Waals surface area contributed by atoms with Crippen LogP contribution in [-0.4, -0.2) is 29.0 Å². The van der Waals surface area contributed by atoms with Crippen LogP contribution in [-0.2, 0) is 17.8 Å². The van der Waals surface area contributed by atoms with Crippen LogP contribution in [0.2, 0.25) is 0 Å². The first-order valence-corrected chi connectivity index (χ1v) is 11.5. The molecule has 1 atom stereocenters. The van der Waals surface area contributed by atoms with Crippen molar-refractivity contribution in [2.45, 2.75) is 25.3 Å². The van der Waals surface area contributed by atoms with Crippen molar-refractivity contribution in [2.24, 2.45) is 0 Å². The van der Waals surface area contributed by atoms with Crippen molar-refractivity contribution in [3.8, 4) is 0 Å². The minimum atomic E-state index is -0.0918. The maximum absolute atomic E-state index is 12.6. The Bertz CT molecular complexity index is 1050. The summed E-state index contributed by atoms with van der Waals surface area (Å²) in [6.07, 6.45) is 0.836. The van der Waals surface area contributed by atoms with Gasteiger partial charge in [-0.15, -0.1) is 11.8 Å². The molecule has 4 rings (SSSR count). The van der Waals surface area contributed by atoms with Crippen LogP contribution in [0.25, 0.3) is 0 Å². The van der Waals surface area contributed by atoms with Gasteiger partial charge in [-0.25, -0.2) is 0 Å². The fourth-order valence-corrected chi connectivity index (χ4v) is 4.97. The second-order valence-electron chi connectivity index (χ2n) is 7.72.